The molecular formula is C14H26N2O4. The Balaban J connectivity index is 2.69. The number of hydrogen-bond acceptors (Lipinski definition) is 5. The number of amides is 1. The van der Waals surface area contributed by atoms with E-state index in [-0.39, 0.29) is 24.0 Å². The molecule has 0 aromatic carbocycles. The Morgan fingerprint density at radius 1 is 1.35 bits per heavy atom. The van der Waals surface area contributed by atoms with Crippen molar-refractivity contribution in [1.29, 1.82) is 0 Å². The zero-order chi connectivity index (χ0) is 15.3. The molecule has 20 heavy (non-hydrogen) atoms. The normalized spacial score (nSPS) is 23.4. The average Bonchev–Trinajstić information content (AvgIpc) is 2.36. The van der Waals surface area contributed by atoms with E-state index in [1.807, 2.05) is 27.8 Å². The summed E-state index contributed by atoms with van der Waals surface area (Å²) in [5.74, 6) is -0.610. The third kappa shape index (κ3) is 4.67. The van der Waals surface area contributed by atoms with Gasteiger partial charge in [0.15, 0.2) is 0 Å². The molecule has 0 spiro atoms. The maximum Gasteiger partial charge on any atom is 0.410 e. The van der Waals surface area contributed by atoms with E-state index in [4.69, 9.17) is 9.47 Å². The van der Waals surface area contributed by atoms with Crippen molar-refractivity contribution in [3.05, 3.63) is 0 Å². The molecule has 6 heteroatoms. The lowest BCUT2D eigenvalue weighted by atomic mass is 9.92. The van der Waals surface area contributed by atoms with Crippen LogP contribution in [0.3, 0.4) is 0 Å². The second kappa shape index (κ2) is 6.92. The zero-order valence-electron chi connectivity index (χ0n) is 13.1. The Bertz CT molecular complexity index is 352. The van der Waals surface area contributed by atoms with Crippen LogP contribution in [0.15, 0.2) is 0 Å². The topological polar surface area (TPSA) is 67.9 Å². The molecule has 1 amide bonds. The van der Waals surface area contributed by atoms with Crippen LogP contribution in [-0.4, -0.2) is 55.3 Å². The van der Waals surface area contributed by atoms with E-state index in [1.54, 1.807) is 11.8 Å². The summed E-state index contributed by atoms with van der Waals surface area (Å²) in [6, 6.07) is 0.0349. The molecule has 1 saturated heterocycles. The summed E-state index contributed by atoms with van der Waals surface area (Å²) in [6.07, 6.45) is 0.334. The number of hydrogen-bond donors (Lipinski definition) is 1. The minimum atomic E-state index is -0.531. The lowest BCUT2D eigenvalue weighted by molar-refractivity contribution is -0.150. The Labute approximate surface area is 120 Å². The molecule has 0 saturated carbocycles. The second-order valence-electron chi connectivity index (χ2n) is 5.97. The first kappa shape index (κ1) is 16.8. The zero-order valence-corrected chi connectivity index (χ0v) is 13.1. The van der Waals surface area contributed by atoms with Gasteiger partial charge < -0.3 is 19.7 Å². The Kier molecular flexibility index (Phi) is 5.80. The quantitative estimate of drug-likeness (QED) is 0.794. The van der Waals surface area contributed by atoms with Gasteiger partial charge in [0.25, 0.3) is 0 Å². The molecule has 1 N–H and O–H groups in total. The summed E-state index contributed by atoms with van der Waals surface area (Å²) in [7, 11) is 1.82. The second-order valence-corrected chi connectivity index (χ2v) is 5.97. The average molecular weight is 286 g/mol. The van der Waals surface area contributed by atoms with Crippen molar-refractivity contribution >= 4 is 12.1 Å². The Morgan fingerprint density at radius 3 is 2.50 bits per heavy atom. The van der Waals surface area contributed by atoms with E-state index < -0.39 is 5.60 Å². The first-order valence-corrected chi connectivity index (χ1v) is 7.10. The molecular weight excluding hydrogens is 260 g/mol. The fraction of sp³-hybridized carbons (Fsp3) is 0.857. The van der Waals surface area contributed by atoms with Crippen molar-refractivity contribution in [2.24, 2.45) is 5.92 Å². The predicted octanol–water partition coefficient (Wildman–Crippen LogP) is 1.39. The van der Waals surface area contributed by atoms with E-state index in [1.165, 1.54) is 0 Å². The van der Waals surface area contributed by atoms with Gasteiger partial charge in [-0.15, -0.1) is 0 Å². The standard InChI is InChI=1S/C14H26N2O4/c1-6-19-12(17)10-9-16(8-7-11(10)15-5)13(18)20-14(2,3)4/h10-11,15H,6-9H2,1-5H3/t10-,11+/m1/s1. The molecule has 1 heterocycles. The van der Waals surface area contributed by atoms with Gasteiger partial charge in [0, 0.05) is 19.1 Å². The van der Waals surface area contributed by atoms with E-state index in [0.717, 1.165) is 0 Å². The van der Waals surface area contributed by atoms with E-state index in [2.05, 4.69) is 5.32 Å². The molecule has 2 atom stereocenters. The van der Waals surface area contributed by atoms with E-state index in [0.29, 0.717) is 26.1 Å². The monoisotopic (exact) mass is 286 g/mol. The largest absolute Gasteiger partial charge is 0.466 e. The summed E-state index contributed by atoms with van der Waals surface area (Å²) < 4.78 is 10.4. The van der Waals surface area contributed by atoms with Crippen molar-refractivity contribution in [3.63, 3.8) is 0 Å². The number of ether oxygens (including phenoxy) is 2. The highest BCUT2D eigenvalue weighted by Crippen LogP contribution is 2.21. The number of likely N-dealkylation sites (tertiary alicyclic amines) is 1. The highest BCUT2D eigenvalue weighted by atomic mass is 16.6. The van der Waals surface area contributed by atoms with Crippen LogP contribution >= 0.6 is 0 Å². The third-order valence-corrected chi connectivity index (χ3v) is 3.22. The predicted molar refractivity (Wildman–Crippen MR) is 75.4 cm³/mol. The lowest BCUT2D eigenvalue weighted by Crippen LogP contribution is -2.54. The van der Waals surface area contributed by atoms with Crippen LogP contribution in [-0.2, 0) is 14.3 Å². The molecule has 0 aromatic rings. The molecule has 116 valence electrons. The number of nitrogens with one attached hydrogen (secondary N) is 1. The van der Waals surface area contributed by atoms with Crippen molar-refractivity contribution in [2.45, 2.75) is 45.8 Å². The number of carbonyl (C=O) groups is 2. The smallest absolute Gasteiger partial charge is 0.410 e. The Hall–Kier alpha value is -1.30. The molecule has 1 fully saturated rings. The van der Waals surface area contributed by atoms with Crippen molar-refractivity contribution in [1.82, 2.24) is 10.2 Å². The highest BCUT2D eigenvalue weighted by molar-refractivity contribution is 5.75. The van der Waals surface area contributed by atoms with Gasteiger partial charge in [-0.25, -0.2) is 4.79 Å². The van der Waals surface area contributed by atoms with Gasteiger partial charge in [0.2, 0.25) is 0 Å². The third-order valence-electron chi connectivity index (χ3n) is 3.22. The molecule has 1 aliphatic heterocycles. The van der Waals surface area contributed by atoms with Gasteiger partial charge in [-0.3, -0.25) is 4.79 Å². The molecule has 1 rings (SSSR count). The minimum absolute atomic E-state index is 0.0349. The summed E-state index contributed by atoms with van der Waals surface area (Å²) in [4.78, 5) is 25.6. The summed E-state index contributed by atoms with van der Waals surface area (Å²) in [6.45, 7) is 8.52. The molecule has 0 aliphatic carbocycles. The Morgan fingerprint density at radius 2 is 2.00 bits per heavy atom. The molecule has 6 nitrogen and oxygen atoms in total. The fourth-order valence-electron chi connectivity index (χ4n) is 2.28. The van der Waals surface area contributed by atoms with Crippen molar-refractivity contribution in [2.75, 3.05) is 26.7 Å². The maximum atomic E-state index is 12.1. The van der Waals surface area contributed by atoms with Crippen LogP contribution in [0.1, 0.15) is 34.1 Å². The van der Waals surface area contributed by atoms with Gasteiger partial charge in [0.05, 0.1) is 12.5 Å². The maximum absolute atomic E-state index is 12.1. The summed E-state index contributed by atoms with van der Waals surface area (Å²) in [5, 5.41) is 3.12. The molecule has 0 unspecified atom stereocenters. The van der Waals surface area contributed by atoms with Gasteiger partial charge >= 0.3 is 12.1 Å². The lowest BCUT2D eigenvalue weighted by Gasteiger charge is -2.37. The molecule has 0 radical (unpaired) electrons. The van der Waals surface area contributed by atoms with Crippen molar-refractivity contribution < 1.29 is 19.1 Å². The van der Waals surface area contributed by atoms with Gasteiger partial charge in [-0.1, -0.05) is 0 Å². The van der Waals surface area contributed by atoms with E-state index in [9.17, 15) is 9.59 Å². The number of carbonyl (C=O) groups excluding carboxylic acids is 2. The first-order chi connectivity index (χ1) is 9.28. The number of piperidine rings is 1. The van der Waals surface area contributed by atoms with Crippen LogP contribution in [0, 0.1) is 5.92 Å². The first-order valence-electron chi connectivity index (χ1n) is 7.10. The van der Waals surface area contributed by atoms with Crippen LogP contribution < -0.4 is 5.32 Å². The highest BCUT2D eigenvalue weighted by Gasteiger charge is 2.37. The van der Waals surface area contributed by atoms with Gasteiger partial charge in [0.1, 0.15) is 5.60 Å². The number of nitrogens with zero attached hydrogens (tertiary/aromatic N) is 1. The summed E-state index contributed by atoms with van der Waals surface area (Å²) in [5.41, 5.74) is -0.531. The van der Waals surface area contributed by atoms with Gasteiger partial charge in [-0.05, 0) is 41.2 Å². The summed E-state index contributed by atoms with van der Waals surface area (Å²) >= 11 is 0. The molecule has 1 aliphatic rings. The number of esters is 1. The van der Waals surface area contributed by atoms with Crippen LogP contribution in [0.25, 0.3) is 0 Å². The molecule has 0 bridgehead atoms. The van der Waals surface area contributed by atoms with Crippen LogP contribution in [0.5, 0.6) is 0 Å². The van der Waals surface area contributed by atoms with Crippen LogP contribution in [0.4, 0.5) is 4.79 Å². The van der Waals surface area contributed by atoms with Crippen molar-refractivity contribution in [3.8, 4) is 0 Å². The minimum Gasteiger partial charge on any atom is -0.466 e. The SMILES string of the molecule is CCOC(=O)[C@@H]1CN(C(=O)OC(C)(C)C)CC[C@@H]1NC. The van der Waals surface area contributed by atoms with Crippen LogP contribution in [0.2, 0.25) is 0 Å². The fourth-order valence-corrected chi connectivity index (χ4v) is 2.28. The molecule has 0 aromatic heterocycles. The van der Waals surface area contributed by atoms with Gasteiger partial charge in [-0.2, -0.15) is 0 Å². The van der Waals surface area contributed by atoms with E-state index >= 15 is 0 Å². The number of rotatable bonds is 3.